The third kappa shape index (κ3) is 2.90. The van der Waals surface area contributed by atoms with E-state index in [9.17, 15) is 0 Å². The molecule has 5 heteroatoms. The molecule has 2 aliphatic heterocycles. The van der Waals surface area contributed by atoms with E-state index in [-0.39, 0.29) is 5.60 Å². The van der Waals surface area contributed by atoms with Gasteiger partial charge in [-0.3, -0.25) is 4.68 Å². The third-order valence-electron chi connectivity index (χ3n) is 3.89. The second-order valence-electron chi connectivity index (χ2n) is 5.25. The fraction of sp³-hybridized carbons (Fsp3) is 0.769. The number of hydrogen-bond donors (Lipinski definition) is 1. The molecule has 2 atom stereocenters. The molecule has 3 heterocycles. The molecule has 0 bridgehead atoms. The average molecular weight is 267 g/mol. The van der Waals surface area contributed by atoms with Crippen LogP contribution in [0, 0.1) is 0 Å². The van der Waals surface area contributed by atoms with Crippen LogP contribution in [0.2, 0.25) is 0 Å². The molecule has 0 radical (unpaired) electrons. The molecule has 1 aromatic heterocycles. The summed E-state index contributed by atoms with van der Waals surface area (Å²) in [5.41, 5.74) is 0.187. The summed E-state index contributed by atoms with van der Waals surface area (Å²) in [4.78, 5) is 0. The van der Waals surface area contributed by atoms with Crippen LogP contribution in [-0.2, 0) is 11.3 Å². The highest BCUT2D eigenvalue weighted by atomic mass is 32.2. The zero-order valence-corrected chi connectivity index (χ0v) is 11.5. The predicted octanol–water partition coefficient (Wildman–Crippen LogP) is 1.53. The minimum absolute atomic E-state index is 0.187. The van der Waals surface area contributed by atoms with Crippen LogP contribution in [0.1, 0.15) is 19.3 Å². The van der Waals surface area contributed by atoms with Gasteiger partial charge in [0.2, 0.25) is 0 Å². The molecule has 2 fully saturated rings. The summed E-state index contributed by atoms with van der Waals surface area (Å²) in [6.07, 6.45) is 7.40. The Balaban J connectivity index is 1.45. The van der Waals surface area contributed by atoms with Crippen molar-refractivity contribution in [3.8, 4) is 0 Å². The lowest BCUT2D eigenvalue weighted by Gasteiger charge is -2.38. The van der Waals surface area contributed by atoms with Gasteiger partial charge in [-0.2, -0.15) is 16.9 Å². The second kappa shape index (κ2) is 5.63. The number of rotatable bonds is 4. The van der Waals surface area contributed by atoms with Gasteiger partial charge in [-0.1, -0.05) is 0 Å². The number of hydrogen-bond acceptors (Lipinski definition) is 4. The Hall–Kier alpha value is -0.520. The summed E-state index contributed by atoms with van der Waals surface area (Å²) in [6.45, 7) is 2.86. The van der Waals surface area contributed by atoms with Crippen LogP contribution < -0.4 is 5.32 Å². The first-order valence-electron chi connectivity index (χ1n) is 6.79. The van der Waals surface area contributed by atoms with Crippen LogP contribution in [-0.4, -0.2) is 46.1 Å². The molecule has 3 rings (SSSR count). The Bertz CT molecular complexity index is 362. The van der Waals surface area contributed by atoms with Crippen molar-refractivity contribution in [2.45, 2.75) is 37.5 Å². The van der Waals surface area contributed by atoms with Gasteiger partial charge in [-0.05, 0) is 31.1 Å². The highest BCUT2D eigenvalue weighted by molar-refractivity contribution is 7.99. The normalized spacial score (nSPS) is 32.1. The standard InChI is InChI=1S/C13H21N3OS/c1-4-15-16(6-1)7-5-14-12-2-8-17-13(10-12)3-9-18-11-13/h1,4,6,12,14H,2-3,5,7-11H2. The summed E-state index contributed by atoms with van der Waals surface area (Å²) < 4.78 is 8.01. The number of nitrogens with zero attached hydrogens (tertiary/aromatic N) is 2. The Labute approximate surface area is 112 Å². The maximum atomic E-state index is 6.03. The van der Waals surface area contributed by atoms with Gasteiger partial charge < -0.3 is 10.1 Å². The lowest BCUT2D eigenvalue weighted by Crippen LogP contribution is -2.47. The molecule has 2 unspecified atom stereocenters. The molecule has 1 N–H and O–H groups in total. The van der Waals surface area contributed by atoms with Gasteiger partial charge in [0.05, 0.1) is 12.1 Å². The zero-order valence-electron chi connectivity index (χ0n) is 10.7. The summed E-state index contributed by atoms with van der Waals surface area (Å²) in [7, 11) is 0. The second-order valence-corrected chi connectivity index (χ2v) is 6.35. The predicted molar refractivity (Wildman–Crippen MR) is 73.9 cm³/mol. The van der Waals surface area contributed by atoms with Gasteiger partial charge >= 0.3 is 0 Å². The van der Waals surface area contributed by atoms with Crippen molar-refractivity contribution in [3.63, 3.8) is 0 Å². The van der Waals surface area contributed by atoms with E-state index in [1.165, 1.54) is 24.3 Å². The lowest BCUT2D eigenvalue weighted by atomic mass is 9.90. The summed E-state index contributed by atoms with van der Waals surface area (Å²) in [5.74, 6) is 2.45. The van der Waals surface area contributed by atoms with Crippen LogP contribution in [0.5, 0.6) is 0 Å². The van der Waals surface area contributed by atoms with E-state index in [0.717, 1.165) is 26.1 Å². The van der Waals surface area contributed by atoms with Crippen LogP contribution in [0.25, 0.3) is 0 Å². The molecular weight excluding hydrogens is 246 g/mol. The van der Waals surface area contributed by atoms with Gasteiger partial charge in [0, 0.05) is 37.3 Å². The molecule has 1 spiro atoms. The van der Waals surface area contributed by atoms with Crippen molar-refractivity contribution in [3.05, 3.63) is 18.5 Å². The van der Waals surface area contributed by atoms with Gasteiger partial charge in [-0.15, -0.1) is 0 Å². The monoisotopic (exact) mass is 267 g/mol. The van der Waals surface area contributed by atoms with Crippen LogP contribution in [0.4, 0.5) is 0 Å². The smallest absolute Gasteiger partial charge is 0.0795 e. The Morgan fingerprint density at radius 1 is 1.56 bits per heavy atom. The first-order chi connectivity index (χ1) is 8.86. The molecule has 0 saturated carbocycles. The highest BCUT2D eigenvalue weighted by Gasteiger charge is 2.40. The van der Waals surface area contributed by atoms with E-state index in [1.54, 1.807) is 0 Å². The Kier molecular flexibility index (Phi) is 3.91. The minimum Gasteiger partial charge on any atom is -0.374 e. The number of ether oxygens (including phenoxy) is 1. The molecule has 4 nitrogen and oxygen atoms in total. The molecule has 0 amide bonds. The van der Waals surface area contributed by atoms with Crippen molar-refractivity contribution in [2.75, 3.05) is 24.7 Å². The van der Waals surface area contributed by atoms with Crippen molar-refractivity contribution in [2.24, 2.45) is 0 Å². The minimum atomic E-state index is 0.187. The summed E-state index contributed by atoms with van der Waals surface area (Å²) in [5, 5.41) is 7.88. The van der Waals surface area contributed by atoms with Gasteiger partial charge in [0.15, 0.2) is 0 Å². The molecule has 18 heavy (non-hydrogen) atoms. The summed E-state index contributed by atoms with van der Waals surface area (Å²) >= 11 is 2.04. The number of nitrogens with one attached hydrogen (secondary N) is 1. The van der Waals surface area contributed by atoms with E-state index >= 15 is 0 Å². The molecule has 2 aliphatic rings. The molecule has 0 aliphatic carbocycles. The third-order valence-corrected chi connectivity index (χ3v) is 5.12. The zero-order chi connectivity index (χ0) is 12.3. The number of aromatic nitrogens is 2. The van der Waals surface area contributed by atoms with Gasteiger partial charge in [-0.25, -0.2) is 0 Å². The topological polar surface area (TPSA) is 39.1 Å². The van der Waals surface area contributed by atoms with E-state index in [0.29, 0.717) is 6.04 Å². The number of thioether (sulfide) groups is 1. The average Bonchev–Trinajstić information content (AvgIpc) is 3.02. The Morgan fingerprint density at radius 3 is 3.33 bits per heavy atom. The van der Waals surface area contributed by atoms with E-state index < -0.39 is 0 Å². The van der Waals surface area contributed by atoms with Crippen molar-refractivity contribution in [1.82, 2.24) is 15.1 Å². The van der Waals surface area contributed by atoms with Crippen molar-refractivity contribution >= 4 is 11.8 Å². The first kappa shape index (κ1) is 12.5. The molecule has 2 saturated heterocycles. The van der Waals surface area contributed by atoms with Crippen LogP contribution in [0.15, 0.2) is 18.5 Å². The first-order valence-corrected chi connectivity index (χ1v) is 7.94. The van der Waals surface area contributed by atoms with E-state index in [1.807, 2.05) is 34.9 Å². The molecule has 1 aromatic rings. The van der Waals surface area contributed by atoms with E-state index in [4.69, 9.17) is 4.74 Å². The largest absolute Gasteiger partial charge is 0.374 e. The summed E-state index contributed by atoms with van der Waals surface area (Å²) in [6, 6.07) is 2.59. The Morgan fingerprint density at radius 2 is 2.56 bits per heavy atom. The van der Waals surface area contributed by atoms with E-state index in [2.05, 4.69) is 10.4 Å². The lowest BCUT2D eigenvalue weighted by molar-refractivity contribution is -0.0701. The fourth-order valence-corrected chi connectivity index (χ4v) is 4.26. The molecule has 0 aromatic carbocycles. The van der Waals surface area contributed by atoms with Gasteiger partial charge in [0.1, 0.15) is 0 Å². The maximum Gasteiger partial charge on any atom is 0.0795 e. The van der Waals surface area contributed by atoms with Gasteiger partial charge in [0.25, 0.3) is 0 Å². The quantitative estimate of drug-likeness (QED) is 0.898. The van der Waals surface area contributed by atoms with Crippen molar-refractivity contribution in [1.29, 1.82) is 0 Å². The fourth-order valence-electron chi connectivity index (χ4n) is 2.88. The SMILES string of the molecule is c1cnn(CCNC2CCOC3(CCSC3)C2)c1. The molecular formula is C13H21N3OS. The van der Waals surface area contributed by atoms with Crippen LogP contribution >= 0.6 is 11.8 Å². The van der Waals surface area contributed by atoms with Crippen LogP contribution in [0.3, 0.4) is 0 Å². The highest BCUT2D eigenvalue weighted by Crippen LogP contribution is 2.38. The maximum absolute atomic E-state index is 6.03. The van der Waals surface area contributed by atoms with Crippen molar-refractivity contribution < 1.29 is 4.74 Å². The molecule has 100 valence electrons.